The standard InChI is InChI=1S/C26H22ClNO5/c1-16-7-2-4-10-19(16)24(29)20-14-13-18(15-22(20)27)28-23-12-5-3-8-17(23)9-6-11-21(25(30)31)26(32)33/h2-10,12-15,21,28H,11H2,1H3,(H,30,31)(H,32,33). The summed E-state index contributed by atoms with van der Waals surface area (Å²) in [6.45, 7) is 1.87. The number of carbonyl (C=O) groups excluding carboxylic acids is 1. The summed E-state index contributed by atoms with van der Waals surface area (Å²) in [5, 5.41) is 21.6. The first-order valence-corrected chi connectivity index (χ1v) is 10.5. The zero-order chi connectivity index (χ0) is 24.0. The summed E-state index contributed by atoms with van der Waals surface area (Å²) < 4.78 is 0. The lowest BCUT2D eigenvalue weighted by atomic mass is 9.99. The fourth-order valence-corrected chi connectivity index (χ4v) is 3.57. The highest BCUT2D eigenvalue weighted by Gasteiger charge is 2.23. The number of carboxylic acids is 2. The van der Waals surface area contributed by atoms with Crippen LogP contribution in [0.15, 0.2) is 72.8 Å². The van der Waals surface area contributed by atoms with Crippen LogP contribution in [0.4, 0.5) is 11.4 Å². The molecule has 7 heteroatoms. The van der Waals surface area contributed by atoms with E-state index in [9.17, 15) is 14.4 Å². The Labute approximate surface area is 196 Å². The van der Waals surface area contributed by atoms with Crippen molar-refractivity contribution >= 4 is 46.8 Å². The van der Waals surface area contributed by atoms with Crippen LogP contribution in [0, 0.1) is 12.8 Å². The molecule has 0 saturated carbocycles. The second-order valence-corrected chi connectivity index (χ2v) is 7.83. The second kappa shape index (κ2) is 10.6. The number of nitrogens with one attached hydrogen (secondary N) is 1. The van der Waals surface area contributed by atoms with E-state index >= 15 is 0 Å². The number of halogens is 1. The molecule has 3 rings (SSSR count). The first-order valence-electron chi connectivity index (χ1n) is 10.2. The SMILES string of the molecule is Cc1ccccc1C(=O)c1ccc(Nc2ccccc2C=CCC(C(=O)O)C(=O)O)cc1Cl. The number of carbonyl (C=O) groups is 3. The predicted octanol–water partition coefficient (Wildman–Crippen LogP) is 5.81. The van der Waals surface area contributed by atoms with Gasteiger partial charge in [0, 0.05) is 22.5 Å². The third-order valence-corrected chi connectivity index (χ3v) is 5.42. The Balaban J connectivity index is 1.79. The predicted molar refractivity (Wildman–Crippen MR) is 128 cm³/mol. The number of hydrogen-bond donors (Lipinski definition) is 3. The van der Waals surface area contributed by atoms with Crippen LogP contribution in [0.5, 0.6) is 0 Å². The van der Waals surface area contributed by atoms with Gasteiger partial charge in [-0.15, -0.1) is 0 Å². The largest absolute Gasteiger partial charge is 0.481 e. The van der Waals surface area contributed by atoms with Crippen LogP contribution in [0.25, 0.3) is 6.08 Å². The first kappa shape index (κ1) is 23.8. The van der Waals surface area contributed by atoms with E-state index in [0.29, 0.717) is 27.5 Å². The van der Waals surface area contributed by atoms with Gasteiger partial charge in [0.1, 0.15) is 0 Å². The zero-order valence-electron chi connectivity index (χ0n) is 17.8. The van der Waals surface area contributed by atoms with Crippen LogP contribution < -0.4 is 5.32 Å². The van der Waals surface area contributed by atoms with Crippen LogP contribution in [0.2, 0.25) is 5.02 Å². The lowest BCUT2D eigenvalue weighted by Crippen LogP contribution is -2.22. The maximum atomic E-state index is 12.9. The lowest BCUT2D eigenvalue weighted by Gasteiger charge is -2.12. The van der Waals surface area contributed by atoms with E-state index in [1.807, 2.05) is 49.4 Å². The van der Waals surface area contributed by atoms with Crippen molar-refractivity contribution in [3.63, 3.8) is 0 Å². The number of ketones is 1. The molecule has 0 radical (unpaired) electrons. The van der Waals surface area contributed by atoms with E-state index < -0.39 is 17.9 Å². The number of anilines is 2. The summed E-state index contributed by atoms with van der Waals surface area (Å²) in [6, 6.07) is 19.7. The average Bonchev–Trinajstić information content (AvgIpc) is 2.77. The topological polar surface area (TPSA) is 104 Å². The monoisotopic (exact) mass is 463 g/mol. The average molecular weight is 464 g/mol. The van der Waals surface area contributed by atoms with E-state index in [2.05, 4.69) is 5.32 Å². The van der Waals surface area contributed by atoms with Gasteiger partial charge in [-0.05, 0) is 48.7 Å². The molecule has 0 aromatic heterocycles. The van der Waals surface area contributed by atoms with Crippen molar-refractivity contribution in [1.29, 1.82) is 0 Å². The van der Waals surface area contributed by atoms with Crippen LogP contribution in [-0.2, 0) is 9.59 Å². The van der Waals surface area contributed by atoms with Crippen molar-refractivity contribution < 1.29 is 24.6 Å². The first-order chi connectivity index (χ1) is 15.8. The number of hydrogen-bond acceptors (Lipinski definition) is 4. The minimum absolute atomic E-state index is 0.138. The molecule has 3 N–H and O–H groups in total. The summed E-state index contributed by atoms with van der Waals surface area (Å²) in [5.41, 5.74) is 3.98. The maximum absolute atomic E-state index is 12.9. The Hall–Kier alpha value is -3.90. The van der Waals surface area contributed by atoms with Gasteiger partial charge < -0.3 is 15.5 Å². The summed E-state index contributed by atoms with van der Waals surface area (Å²) in [5.74, 6) is -4.42. The molecular formula is C26H22ClNO5. The highest BCUT2D eigenvalue weighted by molar-refractivity contribution is 6.35. The van der Waals surface area contributed by atoms with Crippen molar-refractivity contribution in [2.24, 2.45) is 5.92 Å². The van der Waals surface area contributed by atoms with Gasteiger partial charge in [-0.3, -0.25) is 14.4 Å². The number of para-hydroxylation sites is 1. The van der Waals surface area contributed by atoms with Crippen LogP contribution in [-0.4, -0.2) is 27.9 Å². The van der Waals surface area contributed by atoms with Gasteiger partial charge in [-0.2, -0.15) is 0 Å². The van der Waals surface area contributed by atoms with E-state index in [4.69, 9.17) is 21.8 Å². The lowest BCUT2D eigenvalue weighted by molar-refractivity contribution is -0.154. The van der Waals surface area contributed by atoms with E-state index in [1.54, 1.807) is 30.3 Å². The molecule has 0 aliphatic carbocycles. The molecule has 0 aliphatic rings. The Morgan fingerprint density at radius 3 is 2.27 bits per heavy atom. The Kier molecular flexibility index (Phi) is 7.64. The van der Waals surface area contributed by atoms with Crippen molar-refractivity contribution in [3.05, 3.63) is 100 Å². The van der Waals surface area contributed by atoms with Gasteiger partial charge in [0.15, 0.2) is 11.7 Å². The fraction of sp³-hybridized carbons (Fsp3) is 0.115. The highest BCUT2D eigenvalue weighted by Crippen LogP contribution is 2.28. The second-order valence-electron chi connectivity index (χ2n) is 7.42. The number of aryl methyl sites for hydroxylation is 1. The van der Waals surface area contributed by atoms with Gasteiger partial charge in [-0.1, -0.05) is 66.2 Å². The molecule has 168 valence electrons. The molecule has 33 heavy (non-hydrogen) atoms. The number of aliphatic carboxylic acids is 2. The molecule has 0 atom stereocenters. The summed E-state index contributed by atoms with van der Waals surface area (Å²) in [4.78, 5) is 35.0. The summed E-state index contributed by atoms with van der Waals surface area (Å²) >= 11 is 6.42. The molecule has 0 saturated heterocycles. The number of allylic oxidation sites excluding steroid dienone is 1. The smallest absolute Gasteiger partial charge is 0.318 e. The number of benzene rings is 3. The molecule has 0 unspecified atom stereocenters. The number of carboxylic acid groups (broad SMARTS) is 2. The Morgan fingerprint density at radius 1 is 0.939 bits per heavy atom. The molecule has 0 spiro atoms. The third kappa shape index (κ3) is 5.87. The molecular weight excluding hydrogens is 442 g/mol. The van der Waals surface area contributed by atoms with Crippen molar-refractivity contribution in [2.75, 3.05) is 5.32 Å². The quantitative estimate of drug-likeness (QED) is 0.273. The van der Waals surface area contributed by atoms with E-state index in [-0.39, 0.29) is 12.2 Å². The van der Waals surface area contributed by atoms with Gasteiger partial charge in [-0.25, -0.2) is 0 Å². The third-order valence-electron chi connectivity index (χ3n) is 5.11. The van der Waals surface area contributed by atoms with E-state index in [1.165, 1.54) is 6.08 Å². The normalized spacial score (nSPS) is 11.0. The van der Waals surface area contributed by atoms with Crippen molar-refractivity contribution in [1.82, 2.24) is 0 Å². The molecule has 0 heterocycles. The van der Waals surface area contributed by atoms with Crippen molar-refractivity contribution in [3.8, 4) is 0 Å². The van der Waals surface area contributed by atoms with E-state index in [0.717, 1.165) is 11.1 Å². The molecule has 6 nitrogen and oxygen atoms in total. The number of rotatable bonds is 9. The van der Waals surface area contributed by atoms with Crippen LogP contribution in [0.1, 0.15) is 33.5 Å². The van der Waals surface area contributed by atoms with Crippen LogP contribution in [0.3, 0.4) is 0 Å². The fourth-order valence-electron chi connectivity index (χ4n) is 3.30. The summed E-state index contributed by atoms with van der Waals surface area (Å²) in [6.07, 6.45) is 3.05. The zero-order valence-corrected chi connectivity index (χ0v) is 18.5. The molecule has 0 bridgehead atoms. The Morgan fingerprint density at radius 2 is 1.61 bits per heavy atom. The van der Waals surface area contributed by atoms with Crippen LogP contribution >= 0.6 is 11.6 Å². The highest BCUT2D eigenvalue weighted by atomic mass is 35.5. The van der Waals surface area contributed by atoms with Gasteiger partial charge in [0.2, 0.25) is 0 Å². The van der Waals surface area contributed by atoms with Gasteiger partial charge in [0.25, 0.3) is 0 Å². The molecule has 0 aliphatic heterocycles. The Bertz CT molecular complexity index is 1220. The van der Waals surface area contributed by atoms with Gasteiger partial charge in [0.05, 0.1) is 5.02 Å². The van der Waals surface area contributed by atoms with Gasteiger partial charge >= 0.3 is 11.9 Å². The minimum atomic E-state index is -1.50. The molecule has 0 amide bonds. The maximum Gasteiger partial charge on any atom is 0.318 e. The molecule has 0 fully saturated rings. The minimum Gasteiger partial charge on any atom is -0.481 e. The summed E-state index contributed by atoms with van der Waals surface area (Å²) in [7, 11) is 0. The molecule has 3 aromatic carbocycles. The van der Waals surface area contributed by atoms with Crippen molar-refractivity contribution in [2.45, 2.75) is 13.3 Å². The molecule has 3 aromatic rings.